The van der Waals surface area contributed by atoms with Gasteiger partial charge in [-0.2, -0.15) is 0 Å². The van der Waals surface area contributed by atoms with Crippen molar-refractivity contribution in [2.24, 2.45) is 0 Å². The predicted octanol–water partition coefficient (Wildman–Crippen LogP) is -0.358. The zero-order valence-electron chi connectivity index (χ0n) is 6.49. The van der Waals surface area contributed by atoms with Gasteiger partial charge in [0.05, 0.1) is 0 Å². The van der Waals surface area contributed by atoms with E-state index in [0.29, 0.717) is 0 Å². The summed E-state index contributed by atoms with van der Waals surface area (Å²) in [5, 5.41) is -0.0230. The molecule has 1 nitrogen and oxygen atoms in total. The van der Waals surface area contributed by atoms with E-state index < -0.39 is 11.9 Å². The number of alkyl halides is 4. The van der Waals surface area contributed by atoms with Gasteiger partial charge in [0.15, 0.2) is 0 Å². The molecule has 1 aromatic rings. The van der Waals surface area contributed by atoms with Crippen LogP contribution in [-0.4, -0.2) is 9.91 Å². The Kier molecular flexibility index (Phi) is 3.39. The summed E-state index contributed by atoms with van der Waals surface area (Å²) >= 11 is 5.23. The zero-order chi connectivity index (χ0) is 10.1. The molecule has 1 heterocycles. The fourth-order valence-electron chi connectivity index (χ4n) is 0.716. The number of hydrogen-bond acceptors (Lipinski definition) is 1. The molecule has 0 spiro atoms. The molecule has 0 atom stereocenters. The van der Waals surface area contributed by atoms with Crippen LogP contribution >= 0.6 is 11.6 Å². The van der Waals surface area contributed by atoms with Crippen molar-refractivity contribution < 1.29 is 34.4 Å². The monoisotopic (exact) mass is 322 g/mol. The van der Waals surface area contributed by atoms with Gasteiger partial charge in [-0.15, -0.1) is 0 Å². The molecule has 0 N–H and O–H groups in total. The predicted molar refractivity (Wildman–Crippen MR) is 38.9 cm³/mol. The summed E-state index contributed by atoms with van der Waals surface area (Å²) in [4.78, 5) is 5.19. The number of hydrogen-bond donors (Lipinski definition) is 0. The second-order valence-corrected chi connectivity index (χ2v) is 4.75. The van der Waals surface area contributed by atoms with Crippen LogP contribution in [0.5, 0.6) is 0 Å². The molecule has 0 aliphatic rings. The average molecular weight is 322 g/mol. The van der Waals surface area contributed by atoms with Gasteiger partial charge in [0.25, 0.3) is 0 Å². The molecule has 6 heteroatoms. The standard InChI is InChI=1S/C7H5ClF3IN/c1-12-4-2-3-5(7(9,10)11)13-6(4)8/h2-3H,1H3/q-1. The quantitative estimate of drug-likeness (QED) is 0.391. The molecule has 0 saturated heterocycles. The van der Waals surface area contributed by atoms with Crippen LogP contribution in [-0.2, 0) is 6.18 Å². The first-order valence-corrected chi connectivity index (χ1v) is 6.79. The third kappa shape index (κ3) is 2.70. The Morgan fingerprint density at radius 3 is 2.38 bits per heavy atom. The van der Waals surface area contributed by atoms with Gasteiger partial charge in [0, 0.05) is 0 Å². The van der Waals surface area contributed by atoms with E-state index >= 15 is 0 Å². The van der Waals surface area contributed by atoms with Crippen molar-refractivity contribution in [3.63, 3.8) is 0 Å². The molecular weight excluding hydrogens is 317 g/mol. The molecule has 1 aromatic heterocycles. The van der Waals surface area contributed by atoms with Gasteiger partial charge in [-0.3, -0.25) is 0 Å². The SMILES string of the molecule is C[I-]c1ccc(C(F)(F)F)nc1Cl. The molecule has 0 aliphatic carbocycles. The number of aromatic nitrogens is 1. The Labute approximate surface area is 88.6 Å². The first-order valence-electron chi connectivity index (χ1n) is 3.18. The number of halogens is 5. The molecule has 0 unspecified atom stereocenters. The van der Waals surface area contributed by atoms with E-state index in [1.165, 1.54) is 6.07 Å². The maximum absolute atomic E-state index is 12.1. The van der Waals surface area contributed by atoms with Crippen molar-refractivity contribution >= 4 is 11.6 Å². The van der Waals surface area contributed by atoms with Crippen LogP contribution in [0.15, 0.2) is 12.1 Å². The van der Waals surface area contributed by atoms with Gasteiger partial charge in [-0.25, -0.2) is 0 Å². The van der Waals surface area contributed by atoms with E-state index in [1.807, 2.05) is 4.93 Å². The molecule has 0 amide bonds. The molecule has 74 valence electrons. The maximum atomic E-state index is 12.1. The molecule has 0 bridgehead atoms. The molecule has 0 saturated carbocycles. The van der Waals surface area contributed by atoms with E-state index in [2.05, 4.69) is 4.98 Å². The molecule has 1 rings (SSSR count). The average Bonchev–Trinajstić information content (AvgIpc) is 2.02. The minimum absolute atomic E-state index is 0.0230. The summed E-state index contributed by atoms with van der Waals surface area (Å²) in [6.07, 6.45) is -4.41. The first kappa shape index (κ1) is 11.0. The van der Waals surface area contributed by atoms with Crippen LogP contribution in [0.1, 0.15) is 5.69 Å². The molecular formula is C7H5ClF3IN-. The van der Waals surface area contributed by atoms with Gasteiger partial charge < -0.3 is 0 Å². The summed E-state index contributed by atoms with van der Waals surface area (Å²) in [6.45, 7) is 0. The van der Waals surface area contributed by atoms with Gasteiger partial charge in [-0.05, 0) is 0 Å². The topological polar surface area (TPSA) is 12.9 Å². The third-order valence-corrected chi connectivity index (χ3v) is 3.94. The van der Waals surface area contributed by atoms with Crippen LogP contribution in [0.3, 0.4) is 0 Å². The third-order valence-electron chi connectivity index (χ3n) is 1.30. The Hall–Kier alpha value is -0.0400. The first-order chi connectivity index (χ1) is 5.95. The van der Waals surface area contributed by atoms with E-state index in [4.69, 9.17) is 11.6 Å². The van der Waals surface area contributed by atoms with Crippen molar-refractivity contribution in [2.75, 3.05) is 4.93 Å². The van der Waals surface area contributed by atoms with Gasteiger partial charge in [0.2, 0.25) is 0 Å². The summed E-state index contributed by atoms with van der Waals surface area (Å²) in [5.41, 5.74) is -0.932. The molecule has 0 fully saturated rings. The van der Waals surface area contributed by atoms with E-state index in [1.54, 1.807) is 0 Å². The second kappa shape index (κ2) is 4.00. The summed E-state index contributed by atoms with van der Waals surface area (Å²) in [5.74, 6) is 0. The Bertz CT molecular complexity index is 313. The van der Waals surface area contributed by atoms with E-state index in [0.717, 1.165) is 9.64 Å². The fourth-order valence-corrected chi connectivity index (χ4v) is 2.45. The Morgan fingerprint density at radius 2 is 2.00 bits per heavy atom. The van der Waals surface area contributed by atoms with Crippen molar-refractivity contribution in [3.05, 3.63) is 26.5 Å². The second-order valence-electron chi connectivity index (χ2n) is 2.16. The van der Waals surface area contributed by atoms with Crippen molar-refractivity contribution in [1.29, 1.82) is 0 Å². The zero-order valence-corrected chi connectivity index (χ0v) is 9.41. The summed E-state index contributed by atoms with van der Waals surface area (Å²) < 4.78 is 37.0. The molecule has 0 radical (unpaired) electrons. The Balaban J connectivity index is 3.10. The number of rotatable bonds is 1. The Morgan fingerprint density at radius 1 is 1.38 bits per heavy atom. The summed E-state index contributed by atoms with van der Waals surface area (Å²) in [6, 6.07) is 2.36. The van der Waals surface area contributed by atoms with Crippen LogP contribution < -0.4 is 21.2 Å². The van der Waals surface area contributed by atoms with Crippen LogP contribution in [0.25, 0.3) is 0 Å². The summed E-state index contributed by atoms with van der Waals surface area (Å²) in [7, 11) is 0. The van der Waals surface area contributed by atoms with Gasteiger partial charge in [-0.1, -0.05) is 0 Å². The number of pyridine rings is 1. The van der Waals surface area contributed by atoms with Gasteiger partial charge >= 0.3 is 88.6 Å². The number of nitrogens with zero attached hydrogens (tertiary/aromatic N) is 1. The fraction of sp³-hybridized carbons (Fsp3) is 0.286. The van der Waals surface area contributed by atoms with Gasteiger partial charge in [0.1, 0.15) is 0 Å². The minimum atomic E-state index is -4.41. The molecule has 0 aromatic carbocycles. The molecule has 13 heavy (non-hydrogen) atoms. The van der Waals surface area contributed by atoms with Crippen LogP contribution in [0.4, 0.5) is 13.2 Å². The van der Waals surface area contributed by atoms with Crippen molar-refractivity contribution in [1.82, 2.24) is 4.98 Å². The van der Waals surface area contributed by atoms with Crippen LogP contribution in [0, 0.1) is 3.57 Å². The van der Waals surface area contributed by atoms with Crippen LogP contribution in [0.2, 0.25) is 5.15 Å². The van der Waals surface area contributed by atoms with Crippen molar-refractivity contribution in [2.45, 2.75) is 6.18 Å². The van der Waals surface area contributed by atoms with E-state index in [-0.39, 0.29) is 26.4 Å². The van der Waals surface area contributed by atoms with Crippen molar-refractivity contribution in [3.8, 4) is 0 Å². The molecule has 0 aliphatic heterocycles. The van der Waals surface area contributed by atoms with E-state index in [9.17, 15) is 13.2 Å². The normalized spacial score (nSPS) is 12.1.